The number of carbonyl (C=O) groups excluding carboxylic acids is 2. The van der Waals surface area contributed by atoms with E-state index < -0.39 is 10.8 Å². The SMILES string of the molecule is O=C(COC(=O)C1CC1)Nc1ccc([N+](=O)[O-])cc1. The van der Waals surface area contributed by atoms with Crippen LogP contribution in [0.1, 0.15) is 12.8 Å². The fourth-order valence-corrected chi connectivity index (χ4v) is 1.44. The molecule has 0 aromatic heterocycles. The highest BCUT2D eigenvalue weighted by Gasteiger charge is 2.31. The minimum atomic E-state index is -0.525. The molecule has 100 valence electrons. The summed E-state index contributed by atoms with van der Waals surface area (Å²) in [6.07, 6.45) is 1.64. The lowest BCUT2D eigenvalue weighted by Gasteiger charge is -2.05. The lowest BCUT2D eigenvalue weighted by atomic mass is 10.3. The van der Waals surface area contributed by atoms with Gasteiger partial charge in [-0.05, 0) is 25.0 Å². The molecular formula is C12H12N2O5. The first-order valence-corrected chi connectivity index (χ1v) is 5.77. The molecule has 1 saturated carbocycles. The van der Waals surface area contributed by atoms with E-state index in [1.807, 2.05) is 0 Å². The van der Waals surface area contributed by atoms with Crippen molar-refractivity contribution in [1.29, 1.82) is 0 Å². The maximum absolute atomic E-state index is 11.5. The number of nitrogens with one attached hydrogen (secondary N) is 1. The molecule has 19 heavy (non-hydrogen) atoms. The number of anilines is 1. The number of benzene rings is 1. The number of hydrogen-bond acceptors (Lipinski definition) is 5. The van der Waals surface area contributed by atoms with E-state index >= 15 is 0 Å². The summed E-state index contributed by atoms with van der Waals surface area (Å²) in [6.45, 7) is -0.341. The molecule has 2 rings (SSSR count). The van der Waals surface area contributed by atoms with Gasteiger partial charge in [-0.1, -0.05) is 0 Å². The Kier molecular flexibility index (Phi) is 3.74. The third-order valence-corrected chi connectivity index (χ3v) is 2.62. The second kappa shape index (κ2) is 5.47. The molecule has 1 fully saturated rings. The Morgan fingerprint density at radius 2 is 1.95 bits per heavy atom. The molecule has 0 saturated heterocycles. The van der Waals surface area contributed by atoms with E-state index in [1.54, 1.807) is 0 Å². The summed E-state index contributed by atoms with van der Waals surface area (Å²) in [4.78, 5) is 32.6. The number of rotatable bonds is 5. The van der Waals surface area contributed by atoms with Crippen LogP contribution in [0.5, 0.6) is 0 Å². The number of ether oxygens (including phenoxy) is 1. The van der Waals surface area contributed by atoms with Crippen LogP contribution in [0, 0.1) is 16.0 Å². The molecule has 0 unspecified atom stereocenters. The van der Waals surface area contributed by atoms with Gasteiger partial charge in [0.2, 0.25) is 0 Å². The Morgan fingerprint density at radius 1 is 1.32 bits per heavy atom. The minimum absolute atomic E-state index is 0.0489. The summed E-state index contributed by atoms with van der Waals surface area (Å²) in [5.41, 5.74) is 0.358. The zero-order valence-corrected chi connectivity index (χ0v) is 10.00. The summed E-state index contributed by atoms with van der Waals surface area (Å²) in [5, 5.41) is 12.9. The van der Waals surface area contributed by atoms with Crippen molar-refractivity contribution in [3.63, 3.8) is 0 Å². The molecule has 0 radical (unpaired) electrons. The average Bonchev–Trinajstić information content (AvgIpc) is 3.21. The van der Waals surface area contributed by atoms with E-state index in [9.17, 15) is 19.7 Å². The highest BCUT2D eigenvalue weighted by Crippen LogP contribution is 2.29. The number of nitrogens with zero attached hydrogens (tertiary/aromatic N) is 1. The molecule has 1 N–H and O–H groups in total. The standard InChI is InChI=1S/C12H12N2O5/c15-11(7-19-12(16)8-1-2-8)13-9-3-5-10(6-4-9)14(17)18/h3-6,8H,1-2,7H2,(H,13,15). The zero-order valence-electron chi connectivity index (χ0n) is 10.00. The van der Waals surface area contributed by atoms with Crippen molar-refractivity contribution in [2.75, 3.05) is 11.9 Å². The van der Waals surface area contributed by atoms with E-state index in [2.05, 4.69) is 5.32 Å². The van der Waals surface area contributed by atoms with Crippen molar-refractivity contribution < 1.29 is 19.2 Å². The van der Waals surface area contributed by atoms with Crippen LogP contribution in [0.2, 0.25) is 0 Å². The van der Waals surface area contributed by atoms with Crippen LogP contribution in [-0.2, 0) is 14.3 Å². The Bertz CT molecular complexity index is 507. The molecule has 0 spiro atoms. The van der Waals surface area contributed by atoms with Gasteiger partial charge in [-0.2, -0.15) is 0 Å². The van der Waals surface area contributed by atoms with Gasteiger partial charge >= 0.3 is 5.97 Å². The van der Waals surface area contributed by atoms with Gasteiger partial charge in [-0.15, -0.1) is 0 Å². The maximum Gasteiger partial charge on any atom is 0.309 e. The van der Waals surface area contributed by atoms with Gasteiger partial charge in [0.05, 0.1) is 10.8 Å². The van der Waals surface area contributed by atoms with Crippen LogP contribution < -0.4 is 5.32 Å². The van der Waals surface area contributed by atoms with Gasteiger partial charge in [0.25, 0.3) is 11.6 Å². The predicted octanol–water partition coefficient (Wildman–Crippen LogP) is 1.49. The van der Waals surface area contributed by atoms with E-state index in [0.717, 1.165) is 12.8 Å². The lowest BCUT2D eigenvalue weighted by molar-refractivity contribution is -0.384. The summed E-state index contributed by atoms with van der Waals surface area (Å²) < 4.78 is 4.80. The molecule has 1 aromatic rings. The summed E-state index contributed by atoms with van der Waals surface area (Å²) in [6, 6.07) is 5.40. The van der Waals surface area contributed by atoms with E-state index in [1.165, 1.54) is 24.3 Å². The fraction of sp³-hybridized carbons (Fsp3) is 0.333. The van der Waals surface area contributed by atoms with Crippen LogP contribution >= 0.6 is 0 Å². The van der Waals surface area contributed by atoms with Crippen molar-refractivity contribution in [3.8, 4) is 0 Å². The molecule has 7 heteroatoms. The Labute approximate surface area is 108 Å². The number of esters is 1. The van der Waals surface area contributed by atoms with E-state index in [4.69, 9.17) is 4.74 Å². The average molecular weight is 264 g/mol. The van der Waals surface area contributed by atoms with E-state index in [-0.39, 0.29) is 24.2 Å². The summed E-state index contributed by atoms with van der Waals surface area (Å²) in [7, 11) is 0. The lowest BCUT2D eigenvalue weighted by Crippen LogP contribution is -2.21. The highest BCUT2D eigenvalue weighted by molar-refractivity contribution is 5.93. The second-order valence-corrected chi connectivity index (χ2v) is 4.23. The molecule has 1 amide bonds. The zero-order chi connectivity index (χ0) is 13.8. The van der Waals surface area contributed by atoms with Gasteiger partial charge in [-0.3, -0.25) is 19.7 Å². The van der Waals surface area contributed by atoms with Crippen LogP contribution in [0.4, 0.5) is 11.4 Å². The number of non-ortho nitro benzene ring substituents is 1. The first-order valence-electron chi connectivity index (χ1n) is 5.77. The van der Waals surface area contributed by atoms with Crippen LogP contribution in [0.15, 0.2) is 24.3 Å². The topological polar surface area (TPSA) is 98.5 Å². The number of hydrogen-bond donors (Lipinski definition) is 1. The molecule has 1 aromatic carbocycles. The van der Waals surface area contributed by atoms with Crippen molar-refractivity contribution in [2.45, 2.75) is 12.8 Å². The molecular weight excluding hydrogens is 252 g/mol. The number of amides is 1. The maximum atomic E-state index is 11.5. The van der Waals surface area contributed by atoms with Crippen LogP contribution in [0.3, 0.4) is 0 Å². The molecule has 0 atom stereocenters. The molecule has 0 bridgehead atoms. The summed E-state index contributed by atoms with van der Waals surface area (Å²) in [5.74, 6) is -0.867. The number of nitro benzene ring substituents is 1. The van der Waals surface area contributed by atoms with Gasteiger partial charge in [-0.25, -0.2) is 0 Å². The fourth-order valence-electron chi connectivity index (χ4n) is 1.44. The van der Waals surface area contributed by atoms with Gasteiger partial charge in [0.1, 0.15) is 0 Å². The first-order chi connectivity index (χ1) is 9.06. The van der Waals surface area contributed by atoms with E-state index in [0.29, 0.717) is 5.69 Å². The largest absolute Gasteiger partial charge is 0.455 e. The van der Waals surface area contributed by atoms with Crippen LogP contribution in [0.25, 0.3) is 0 Å². The third kappa shape index (κ3) is 3.77. The smallest absolute Gasteiger partial charge is 0.309 e. The molecule has 1 aliphatic carbocycles. The van der Waals surface area contributed by atoms with Crippen molar-refractivity contribution >= 4 is 23.3 Å². The Balaban J connectivity index is 1.80. The summed E-state index contributed by atoms with van der Waals surface area (Å²) >= 11 is 0. The van der Waals surface area contributed by atoms with Crippen molar-refractivity contribution in [2.24, 2.45) is 5.92 Å². The second-order valence-electron chi connectivity index (χ2n) is 4.23. The Hall–Kier alpha value is -2.44. The van der Waals surface area contributed by atoms with Crippen molar-refractivity contribution in [1.82, 2.24) is 0 Å². The number of nitro groups is 1. The first kappa shape index (κ1) is 13.0. The predicted molar refractivity (Wildman–Crippen MR) is 65.4 cm³/mol. The van der Waals surface area contributed by atoms with Gasteiger partial charge < -0.3 is 10.1 Å². The third-order valence-electron chi connectivity index (χ3n) is 2.62. The quantitative estimate of drug-likeness (QED) is 0.493. The number of carbonyl (C=O) groups is 2. The molecule has 1 aliphatic rings. The highest BCUT2D eigenvalue weighted by atomic mass is 16.6. The minimum Gasteiger partial charge on any atom is -0.455 e. The molecule has 0 aliphatic heterocycles. The molecule has 7 nitrogen and oxygen atoms in total. The monoisotopic (exact) mass is 264 g/mol. The van der Waals surface area contributed by atoms with Crippen LogP contribution in [-0.4, -0.2) is 23.4 Å². The normalized spacial score (nSPS) is 13.7. The van der Waals surface area contributed by atoms with Gasteiger partial charge in [0, 0.05) is 17.8 Å². The molecule has 0 heterocycles. The Morgan fingerprint density at radius 3 is 2.47 bits per heavy atom. The van der Waals surface area contributed by atoms with Gasteiger partial charge in [0.15, 0.2) is 6.61 Å². The van der Waals surface area contributed by atoms with Crippen molar-refractivity contribution in [3.05, 3.63) is 34.4 Å².